The van der Waals surface area contributed by atoms with Crippen LogP contribution in [0.5, 0.6) is 0 Å². The van der Waals surface area contributed by atoms with Crippen LogP contribution in [0.25, 0.3) is 22.3 Å². The Morgan fingerprint density at radius 2 is 1.63 bits per heavy atom. The summed E-state index contributed by atoms with van der Waals surface area (Å²) in [6.45, 7) is 0.705. The molecule has 1 fully saturated rings. The predicted molar refractivity (Wildman–Crippen MR) is 118 cm³/mol. The lowest BCUT2D eigenvalue weighted by Gasteiger charge is -2.26. The summed E-state index contributed by atoms with van der Waals surface area (Å²) in [5, 5.41) is 0.303. The fourth-order valence-electron chi connectivity index (χ4n) is 4.37. The Morgan fingerprint density at radius 3 is 2.20 bits per heavy atom. The standard InChI is InChI=1S/C23H23F6N3O2S/c1-14(22(24,25)26)31-35(33,34)19-9-7-15(8-10-19)20-12-16-11-17(23(27,28)29)13-30-21(16)32(20)18-5-3-2-4-6-18/h7-14,18,31H,2-6H2,1H3/t14-/m1/s1. The van der Waals surface area contributed by atoms with Crippen LogP contribution in [0, 0.1) is 0 Å². The summed E-state index contributed by atoms with van der Waals surface area (Å²) >= 11 is 0. The molecular formula is C23H23F6N3O2S. The molecule has 1 saturated carbocycles. The molecule has 5 nitrogen and oxygen atoms in total. The highest BCUT2D eigenvalue weighted by atomic mass is 32.2. The van der Waals surface area contributed by atoms with Gasteiger partial charge in [-0.25, -0.2) is 13.4 Å². The van der Waals surface area contributed by atoms with E-state index in [0.717, 1.165) is 44.4 Å². The number of halogens is 6. The number of benzene rings is 1. The van der Waals surface area contributed by atoms with E-state index in [1.807, 2.05) is 4.57 Å². The molecule has 12 heteroatoms. The number of fused-ring (bicyclic) bond motifs is 1. The number of hydrogen-bond acceptors (Lipinski definition) is 3. The normalized spacial score (nSPS) is 17.1. The molecule has 0 radical (unpaired) electrons. The highest BCUT2D eigenvalue weighted by Crippen LogP contribution is 2.39. The molecule has 0 unspecified atom stereocenters. The molecule has 0 aliphatic heterocycles. The molecule has 0 spiro atoms. The van der Waals surface area contributed by atoms with E-state index in [9.17, 15) is 34.8 Å². The van der Waals surface area contributed by atoms with E-state index in [4.69, 9.17) is 0 Å². The van der Waals surface area contributed by atoms with Crippen LogP contribution in [0.1, 0.15) is 50.6 Å². The van der Waals surface area contributed by atoms with Gasteiger partial charge in [0.2, 0.25) is 10.0 Å². The molecule has 0 amide bonds. The van der Waals surface area contributed by atoms with E-state index in [-0.39, 0.29) is 10.9 Å². The Bertz CT molecular complexity index is 1310. The number of nitrogens with zero attached hydrogens (tertiary/aromatic N) is 2. The predicted octanol–water partition coefficient (Wildman–Crippen LogP) is 6.46. The van der Waals surface area contributed by atoms with Gasteiger partial charge < -0.3 is 4.57 Å². The van der Waals surface area contributed by atoms with Gasteiger partial charge in [0.15, 0.2) is 0 Å². The van der Waals surface area contributed by atoms with Crippen molar-refractivity contribution >= 4 is 21.1 Å². The SMILES string of the molecule is C[C@@H](NS(=O)(=O)c1ccc(-c2cc3cc(C(F)(F)F)cnc3n2C2CCCCC2)cc1)C(F)(F)F. The molecule has 4 rings (SSSR count). The minimum Gasteiger partial charge on any atom is -0.322 e. The Labute approximate surface area is 198 Å². The Hall–Kier alpha value is -2.60. The lowest BCUT2D eigenvalue weighted by molar-refractivity contribution is -0.147. The Kier molecular flexibility index (Phi) is 6.64. The van der Waals surface area contributed by atoms with Crippen molar-refractivity contribution in [1.29, 1.82) is 0 Å². The van der Waals surface area contributed by atoms with Crippen LogP contribution in [0.3, 0.4) is 0 Å². The van der Waals surface area contributed by atoms with Gasteiger partial charge in [0, 0.05) is 17.6 Å². The van der Waals surface area contributed by atoms with Crippen LogP contribution in [0.4, 0.5) is 26.3 Å². The van der Waals surface area contributed by atoms with Gasteiger partial charge in [-0.2, -0.15) is 31.1 Å². The fourth-order valence-corrected chi connectivity index (χ4v) is 5.60. The highest BCUT2D eigenvalue weighted by molar-refractivity contribution is 7.89. The summed E-state index contributed by atoms with van der Waals surface area (Å²) < 4.78 is 106. The summed E-state index contributed by atoms with van der Waals surface area (Å²) in [6, 6.07) is 5.59. The molecule has 1 N–H and O–H groups in total. The van der Waals surface area contributed by atoms with E-state index in [2.05, 4.69) is 4.98 Å². The van der Waals surface area contributed by atoms with Crippen LogP contribution in [-0.2, 0) is 16.2 Å². The third-order valence-electron chi connectivity index (χ3n) is 6.23. The topological polar surface area (TPSA) is 64.0 Å². The lowest BCUT2D eigenvalue weighted by Crippen LogP contribution is -2.42. The van der Waals surface area contributed by atoms with Crippen molar-refractivity contribution in [3.05, 3.63) is 48.2 Å². The Morgan fingerprint density at radius 1 is 1.00 bits per heavy atom. The van der Waals surface area contributed by atoms with Crippen LogP contribution in [-0.4, -0.2) is 30.2 Å². The largest absolute Gasteiger partial charge is 0.417 e. The number of sulfonamides is 1. The van der Waals surface area contributed by atoms with Gasteiger partial charge in [-0.1, -0.05) is 31.4 Å². The van der Waals surface area contributed by atoms with E-state index < -0.39 is 34.0 Å². The molecule has 3 aromatic rings. The van der Waals surface area contributed by atoms with Gasteiger partial charge in [0.25, 0.3) is 0 Å². The van der Waals surface area contributed by atoms with Crippen LogP contribution < -0.4 is 4.72 Å². The number of pyridine rings is 1. The van der Waals surface area contributed by atoms with Crippen molar-refractivity contribution in [2.45, 2.75) is 68.4 Å². The van der Waals surface area contributed by atoms with E-state index >= 15 is 0 Å². The van der Waals surface area contributed by atoms with Crippen LogP contribution in [0.15, 0.2) is 47.5 Å². The quantitative estimate of drug-likeness (QED) is 0.394. The van der Waals surface area contributed by atoms with Gasteiger partial charge in [0.1, 0.15) is 11.7 Å². The first kappa shape index (κ1) is 25.5. The lowest BCUT2D eigenvalue weighted by atomic mass is 9.95. The van der Waals surface area contributed by atoms with Crippen molar-refractivity contribution in [2.75, 3.05) is 0 Å². The van der Waals surface area contributed by atoms with E-state index in [1.165, 1.54) is 24.3 Å². The number of alkyl halides is 6. The third-order valence-corrected chi connectivity index (χ3v) is 7.78. The summed E-state index contributed by atoms with van der Waals surface area (Å²) in [5.74, 6) is 0. The average molecular weight is 520 g/mol. The van der Waals surface area contributed by atoms with Gasteiger partial charge >= 0.3 is 12.4 Å². The summed E-state index contributed by atoms with van der Waals surface area (Å²) in [6.07, 6.45) is -3.85. The zero-order chi connectivity index (χ0) is 25.6. The van der Waals surface area contributed by atoms with Crippen LogP contribution in [0.2, 0.25) is 0 Å². The molecule has 1 aliphatic carbocycles. The van der Waals surface area contributed by atoms with Crippen molar-refractivity contribution in [3.63, 3.8) is 0 Å². The van der Waals surface area contributed by atoms with E-state index in [1.54, 1.807) is 10.8 Å². The second-order valence-corrected chi connectivity index (χ2v) is 10.4. The summed E-state index contributed by atoms with van der Waals surface area (Å²) in [5.41, 5.74) is 0.616. The maximum absolute atomic E-state index is 13.2. The highest BCUT2D eigenvalue weighted by Gasteiger charge is 2.39. The maximum atomic E-state index is 13.2. The molecule has 190 valence electrons. The van der Waals surface area contributed by atoms with Crippen LogP contribution >= 0.6 is 0 Å². The minimum atomic E-state index is -4.74. The maximum Gasteiger partial charge on any atom is 0.417 e. The van der Waals surface area contributed by atoms with Crippen molar-refractivity contribution in [3.8, 4) is 11.3 Å². The zero-order valence-electron chi connectivity index (χ0n) is 18.6. The van der Waals surface area contributed by atoms with Crippen molar-refractivity contribution in [1.82, 2.24) is 14.3 Å². The second-order valence-electron chi connectivity index (χ2n) is 8.73. The van der Waals surface area contributed by atoms with Gasteiger partial charge in [-0.05, 0) is 49.6 Å². The summed E-state index contributed by atoms with van der Waals surface area (Å²) in [4.78, 5) is 3.76. The zero-order valence-corrected chi connectivity index (χ0v) is 19.4. The molecule has 1 aliphatic rings. The molecule has 35 heavy (non-hydrogen) atoms. The van der Waals surface area contributed by atoms with Crippen molar-refractivity contribution < 1.29 is 34.8 Å². The van der Waals surface area contributed by atoms with Gasteiger partial charge in [-0.3, -0.25) is 0 Å². The molecule has 2 heterocycles. The third kappa shape index (κ3) is 5.32. The Balaban J connectivity index is 1.75. The first-order valence-electron chi connectivity index (χ1n) is 11.0. The van der Waals surface area contributed by atoms with E-state index in [0.29, 0.717) is 29.2 Å². The fraction of sp³-hybridized carbons (Fsp3) is 0.435. The smallest absolute Gasteiger partial charge is 0.322 e. The molecule has 0 bridgehead atoms. The first-order chi connectivity index (χ1) is 16.3. The summed E-state index contributed by atoms with van der Waals surface area (Å²) in [7, 11) is -4.43. The first-order valence-corrected chi connectivity index (χ1v) is 12.5. The number of hydrogen-bond donors (Lipinski definition) is 1. The number of nitrogens with one attached hydrogen (secondary N) is 1. The molecular weight excluding hydrogens is 496 g/mol. The number of rotatable bonds is 5. The molecule has 2 aromatic heterocycles. The molecule has 0 saturated heterocycles. The molecule has 1 atom stereocenters. The number of aromatic nitrogens is 2. The monoisotopic (exact) mass is 519 g/mol. The van der Waals surface area contributed by atoms with Crippen molar-refractivity contribution in [2.24, 2.45) is 0 Å². The minimum absolute atomic E-state index is 0.0122. The van der Waals surface area contributed by atoms with Gasteiger partial charge in [0.05, 0.1) is 16.2 Å². The average Bonchev–Trinajstić information content (AvgIpc) is 3.17. The second kappa shape index (κ2) is 9.12. The van der Waals surface area contributed by atoms with Gasteiger partial charge in [-0.15, -0.1) is 0 Å². The molecule has 1 aromatic carbocycles.